The van der Waals surface area contributed by atoms with E-state index in [1.165, 1.54) is 0 Å². The van der Waals surface area contributed by atoms with Crippen LogP contribution in [0.25, 0.3) is 0 Å². The van der Waals surface area contributed by atoms with Crippen molar-refractivity contribution in [3.63, 3.8) is 0 Å². The van der Waals surface area contributed by atoms with E-state index in [9.17, 15) is 8.42 Å². The molecule has 1 heterocycles. The zero-order valence-electron chi connectivity index (χ0n) is 7.98. The van der Waals surface area contributed by atoms with Crippen LogP contribution >= 0.6 is 0 Å². The lowest BCUT2D eigenvalue weighted by atomic mass is 10.3. The van der Waals surface area contributed by atoms with E-state index < -0.39 is 10.2 Å². The summed E-state index contributed by atoms with van der Waals surface area (Å²) in [5, 5.41) is 4.95. The predicted molar refractivity (Wildman–Crippen MR) is 52.6 cm³/mol. The van der Waals surface area contributed by atoms with Gasteiger partial charge in [-0.25, -0.2) is 14.1 Å². The molecule has 5 nitrogen and oxygen atoms in total. The highest BCUT2D eigenvalue weighted by molar-refractivity contribution is 7.87. The first-order valence-corrected chi connectivity index (χ1v) is 5.53. The fraction of sp³-hybridized carbons (Fsp3) is 0.375. The minimum Gasteiger partial charge on any atom is -0.227 e. The van der Waals surface area contributed by atoms with Crippen LogP contribution in [-0.2, 0) is 10.2 Å². The molecule has 14 heavy (non-hydrogen) atoms. The Balaban J connectivity index is 3.23. The molecule has 0 amide bonds. The van der Waals surface area contributed by atoms with Gasteiger partial charge >= 0.3 is 10.2 Å². The molecule has 1 aromatic heterocycles. The Hall–Kier alpha value is -1.32. The van der Waals surface area contributed by atoms with Gasteiger partial charge in [-0.1, -0.05) is 12.8 Å². The number of nitrogens with two attached hydrogens (primary N) is 1. The molecule has 0 aliphatic carbocycles. The van der Waals surface area contributed by atoms with Gasteiger partial charge in [-0.05, 0) is 12.8 Å². The second kappa shape index (κ2) is 3.82. The minimum atomic E-state index is -3.75. The third kappa shape index (κ3) is 2.13. The molecule has 0 spiro atoms. The highest BCUT2D eigenvalue weighted by Crippen LogP contribution is 2.05. The molecule has 0 aliphatic rings. The lowest BCUT2D eigenvalue weighted by molar-refractivity contribution is 0.588. The fourth-order valence-electron chi connectivity index (χ4n) is 0.946. The molecule has 0 fully saturated rings. The number of hydrogen-bond donors (Lipinski definition) is 1. The van der Waals surface area contributed by atoms with Crippen molar-refractivity contribution in [1.29, 1.82) is 0 Å². The molecule has 1 rings (SSSR count). The van der Waals surface area contributed by atoms with E-state index in [1.807, 2.05) is 6.92 Å². The van der Waals surface area contributed by atoms with Gasteiger partial charge in [0, 0.05) is 6.42 Å². The van der Waals surface area contributed by atoms with Crippen LogP contribution in [0.5, 0.6) is 0 Å². The van der Waals surface area contributed by atoms with Gasteiger partial charge in [-0.15, -0.1) is 0 Å². The lowest BCUT2D eigenvalue weighted by Gasteiger charge is -1.99. The predicted octanol–water partition coefficient (Wildman–Crippen LogP) is 0.00462. The Bertz CT molecular complexity index is 490. The van der Waals surface area contributed by atoms with Crippen LogP contribution < -0.4 is 5.14 Å². The van der Waals surface area contributed by atoms with Gasteiger partial charge in [0.1, 0.15) is 12.0 Å². The van der Waals surface area contributed by atoms with Crippen molar-refractivity contribution in [2.75, 3.05) is 0 Å². The molecule has 0 radical (unpaired) electrons. The summed E-state index contributed by atoms with van der Waals surface area (Å²) >= 11 is 0. The first-order chi connectivity index (χ1) is 6.46. The Morgan fingerprint density at radius 1 is 1.64 bits per heavy atom. The quantitative estimate of drug-likeness (QED) is 0.667. The number of imidazole rings is 1. The summed E-state index contributed by atoms with van der Waals surface area (Å²) < 4.78 is 22.9. The summed E-state index contributed by atoms with van der Waals surface area (Å²) in [7, 11) is -3.75. The van der Waals surface area contributed by atoms with Gasteiger partial charge in [0.25, 0.3) is 0 Å². The van der Waals surface area contributed by atoms with E-state index in [1.54, 1.807) is 6.92 Å². The second-order valence-corrected chi connectivity index (χ2v) is 4.10. The Morgan fingerprint density at radius 2 is 2.29 bits per heavy atom. The normalized spacial score (nSPS) is 10.8. The standard InChI is InChI=1S/C8H11N3O2S/c1-3-4-5-8-7(2)11(6-10-8)14(9,12)13/h6H,3H2,1-2H3,(H2,9,12,13). The van der Waals surface area contributed by atoms with Gasteiger partial charge < -0.3 is 0 Å². The smallest absolute Gasteiger partial charge is 0.227 e. The molecule has 2 N–H and O–H groups in total. The van der Waals surface area contributed by atoms with Crippen LogP contribution in [0.15, 0.2) is 6.33 Å². The van der Waals surface area contributed by atoms with Gasteiger partial charge in [-0.3, -0.25) is 0 Å². The molecule has 0 aromatic carbocycles. The summed E-state index contributed by atoms with van der Waals surface area (Å²) in [6.07, 6.45) is 1.85. The molecule has 0 saturated heterocycles. The Morgan fingerprint density at radius 3 is 2.71 bits per heavy atom. The Kier molecular flexibility index (Phi) is 2.93. The van der Waals surface area contributed by atoms with Gasteiger partial charge in [0.05, 0.1) is 5.69 Å². The maximum Gasteiger partial charge on any atom is 0.303 e. The van der Waals surface area contributed by atoms with Crippen molar-refractivity contribution in [2.45, 2.75) is 20.3 Å². The molecule has 6 heteroatoms. The van der Waals surface area contributed by atoms with Crippen LogP contribution in [0.4, 0.5) is 0 Å². The Labute approximate surface area is 83.1 Å². The minimum absolute atomic E-state index is 0.438. The summed E-state index contributed by atoms with van der Waals surface area (Å²) in [5.41, 5.74) is 0.884. The number of hydrogen-bond acceptors (Lipinski definition) is 3. The highest BCUT2D eigenvalue weighted by Gasteiger charge is 2.12. The van der Waals surface area contributed by atoms with Crippen LogP contribution in [-0.4, -0.2) is 17.4 Å². The molecule has 1 aromatic rings. The summed E-state index contributed by atoms with van der Waals surface area (Å²) in [6.45, 7) is 3.51. The third-order valence-corrected chi connectivity index (χ3v) is 2.54. The number of nitrogens with zero attached hydrogens (tertiary/aromatic N) is 2. The van der Waals surface area contributed by atoms with Crippen molar-refractivity contribution in [2.24, 2.45) is 5.14 Å². The first-order valence-electron chi connectivity index (χ1n) is 4.03. The highest BCUT2D eigenvalue weighted by atomic mass is 32.2. The van der Waals surface area contributed by atoms with Crippen molar-refractivity contribution >= 4 is 10.2 Å². The van der Waals surface area contributed by atoms with E-state index in [4.69, 9.17) is 5.14 Å². The number of aromatic nitrogens is 2. The van der Waals surface area contributed by atoms with Crippen molar-refractivity contribution in [3.05, 3.63) is 17.7 Å². The van der Waals surface area contributed by atoms with Crippen LogP contribution in [0.2, 0.25) is 0 Å². The van der Waals surface area contributed by atoms with Crippen LogP contribution in [0.3, 0.4) is 0 Å². The zero-order valence-corrected chi connectivity index (χ0v) is 8.80. The molecular weight excluding hydrogens is 202 g/mol. The molecule has 0 aliphatic heterocycles. The topological polar surface area (TPSA) is 78.0 Å². The lowest BCUT2D eigenvalue weighted by Crippen LogP contribution is -2.22. The van der Waals surface area contributed by atoms with E-state index in [0.29, 0.717) is 17.8 Å². The van der Waals surface area contributed by atoms with Gasteiger partial charge in [-0.2, -0.15) is 8.42 Å². The average Bonchev–Trinajstić information content (AvgIpc) is 2.42. The van der Waals surface area contributed by atoms with E-state index >= 15 is 0 Å². The van der Waals surface area contributed by atoms with Crippen LogP contribution in [0, 0.1) is 18.8 Å². The molecular formula is C8H11N3O2S. The molecule has 0 atom stereocenters. The largest absolute Gasteiger partial charge is 0.303 e. The third-order valence-electron chi connectivity index (χ3n) is 1.62. The monoisotopic (exact) mass is 213 g/mol. The van der Waals surface area contributed by atoms with E-state index in [0.717, 1.165) is 10.3 Å². The maximum atomic E-state index is 11.0. The average molecular weight is 213 g/mol. The summed E-state index contributed by atoms with van der Waals surface area (Å²) in [6, 6.07) is 0. The molecule has 0 unspecified atom stereocenters. The van der Waals surface area contributed by atoms with E-state index in [-0.39, 0.29) is 0 Å². The molecule has 0 bridgehead atoms. The van der Waals surface area contributed by atoms with Crippen molar-refractivity contribution in [1.82, 2.24) is 8.96 Å². The van der Waals surface area contributed by atoms with Crippen LogP contribution in [0.1, 0.15) is 24.7 Å². The summed E-state index contributed by atoms with van der Waals surface area (Å²) in [5.74, 6) is 5.56. The molecule has 0 saturated carbocycles. The van der Waals surface area contributed by atoms with Gasteiger partial charge in [0.15, 0.2) is 0 Å². The van der Waals surface area contributed by atoms with E-state index in [2.05, 4.69) is 16.8 Å². The fourth-order valence-corrected chi connectivity index (χ4v) is 1.59. The summed E-state index contributed by atoms with van der Waals surface area (Å²) in [4.78, 5) is 3.85. The zero-order chi connectivity index (χ0) is 10.8. The first kappa shape index (κ1) is 10.8. The van der Waals surface area contributed by atoms with Gasteiger partial charge in [0.2, 0.25) is 0 Å². The number of rotatable bonds is 1. The maximum absolute atomic E-state index is 11.0. The van der Waals surface area contributed by atoms with Crippen molar-refractivity contribution < 1.29 is 8.42 Å². The SMILES string of the molecule is CCC#Cc1ncn(S(N)(=O)=O)c1C. The second-order valence-electron chi connectivity index (χ2n) is 2.67. The van der Waals surface area contributed by atoms with Crippen molar-refractivity contribution in [3.8, 4) is 11.8 Å². The molecule has 76 valence electrons.